The second kappa shape index (κ2) is 8.86. The molecule has 132 valence electrons. The van der Waals surface area contributed by atoms with Crippen molar-refractivity contribution in [1.29, 1.82) is 0 Å². The van der Waals surface area contributed by atoms with Gasteiger partial charge in [0.15, 0.2) is 0 Å². The third-order valence-electron chi connectivity index (χ3n) is 4.48. The predicted molar refractivity (Wildman–Crippen MR) is 104 cm³/mol. The molecule has 0 atom stereocenters. The standard InChI is InChI=1S/C21H25NO2S/c1-2-8-17-9-6-7-12-19(17)24-14-16-13-20(25-15-16)21(23)22-18-10-4-3-5-11-18/h2,6-9,12-13,15,18H,3-5,10-11,14H2,1H3,(H,22,23)/b8-2+. The zero-order valence-electron chi connectivity index (χ0n) is 14.7. The van der Waals surface area contributed by atoms with E-state index in [1.165, 1.54) is 30.6 Å². The van der Waals surface area contributed by atoms with Gasteiger partial charge in [-0.15, -0.1) is 11.3 Å². The van der Waals surface area contributed by atoms with Crippen LogP contribution >= 0.6 is 11.3 Å². The number of carbonyl (C=O) groups is 1. The second-order valence-corrected chi connectivity index (χ2v) is 7.37. The fourth-order valence-corrected chi connectivity index (χ4v) is 3.96. The van der Waals surface area contributed by atoms with Gasteiger partial charge in [-0.1, -0.05) is 49.6 Å². The van der Waals surface area contributed by atoms with Gasteiger partial charge >= 0.3 is 0 Å². The first-order chi connectivity index (χ1) is 12.3. The average molecular weight is 356 g/mol. The molecule has 0 radical (unpaired) electrons. The highest BCUT2D eigenvalue weighted by molar-refractivity contribution is 7.12. The van der Waals surface area contributed by atoms with E-state index in [1.54, 1.807) is 0 Å². The van der Waals surface area contributed by atoms with Gasteiger partial charge in [-0.05, 0) is 37.3 Å². The Labute approximate surface area is 153 Å². The summed E-state index contributed by atoms with van der Waals surface area (Å²) >= 11 is 1.49. The minimum absolute atomic E-state index is 0.0532. The maximum Gasteiger partial charge on any atom is 0.261 e. The molecule has 3 rings (SSSR count). The Balaban J connectivity index is 1.57. The van der Waals surface area contributed by atoms with Crippen LogP contribution in [0.1, 0.15) is 59.8 Å². The van der Waals surface area contributed by atoms with E-state index in [0.29, 0.717) is 12.6 Å². The van der Waals surface area contributed by atoms with E-state index >= 15 is 0 Å². The molecule has 1 aromatic heterocycles. The molecule has 3 nitrogen and oxygen atoms in total. The molecule has 4 heteroatoms. The average Bonchev–Trinajstić information content (AvgIpc) is 3.11. The normalized spacial score (nSPS) is 15.4. The summed E-state index contributed by atoms with van der Waals surface area (Å²) in [6.07, 6.45) is 9.98. The van der Waals surface area contributed by atoms with Crippen LogP contribution in [0.3, 0.4) is 0 Å². The van der Waals surface area contributed by atoms with Gasteiger partial charge in [-0.3, -0.25) is 4.79 Å². The highest BCUT2D eigenvalue weighted by Gasteiger charge is 2.17. The molecule has 0 saturated heterocycles. The highest BCUT2D eigenvalue weighted by atomic mass is 32.1. The van der Waals surface area contributed by atoms with Gasteiger partial charge in [0.2, 0.25) is 0 Å². The predicted octanol–water partition coefficient (Wildman–Crippen LogP) is 5.42. The number of hydrogen-bond acceptors (Lipinski definition) is 3. The van der Waals surface area contributed by atoms with E-state index < -0.39 is 0 Å². The molecule has 2 aromatic rings. The summed E-state index contributed by atoms with van der Waals surface area (Å²) in [5.74, 6) is 0.914. The number of carbonyl (C=O) groups excluding carboxylic acids is 1. The molecular formula is C21H25NO2S. The van der Waals surface area contributed by atoms with E-state index in [0.717, 1.165) is 34.6 Å². The molecule has 1 saturated carbocycles. The van der Waals surface area contributed by atoms with Crippen molar-refractivity contribution in [2.75, 3.05) is 0 Å². The molecule has 0 unspecified atom stereocenters. The molecule has 1 N–H and O–H groups in total. The van der Waals surface area contributed by atoms with Crippen LogP contribution < -0.4 is 10.1 Å². The number of thiophene rings is 1. The van der Waals surface area contributed by atoms with E-state index in [4.69, 9.17) is 4.74 Å². The van der Waals surface area contributed by atoms with Crippen LogP contribution in [-0.2, 0) is 6.61 Å². The van der Waals surface area contributed by atoms with Gasteiger partial charge in [0, 0.05) is 17.2 Å². The van der Waals surface area contributed by atoms with Crippen molar-refractivity contribution in [3.8, 4) is 5.75 Å². The summed E-state index contributed by atoms with van der Waals surface area (Å²) in [5, 5.41) is 5.18. The highest BCUT2D eigenvalue weighted by Crippen LogP contribution is 2.23. The summed E-state index contributed by atoms with van der Waals surface area (Å²) in [4.78, 5) is 13.2. The Morgan fingerprint density at radius 2 is 2.08 bits per heavy atom. The first-order valence-electron chi connectivity index (χ1n) is 8.99. The van der Waals surface area contributed by atoms with Crippen LogP contribution in [0.15, 0.2) is 41.8 Å². The quantitative estimate of drug-likeness (QED) is 0.751. The van der Waals surface area contributed by atoms with E-state index in [9.17, 15) is 4.79 Å². The van der Waals surface area contributed by atoms with Crippen LogP contribution in [0.4, 0.5) is 0 Å². The van der Waals surface area contributed by atoms with Crippen molar-refractivity contribution in [3.05, 3.63) is 57.8 Å². The lowest BCUT2D eigenvalue weighted by atomic mass is 9.95. The molecule has 1 heterocycles. The Hall–Kier alpha value is -2.07. The van der Waals surface area contributed by atoms with Crippen LogP contribution in [-0.4, -0.2) is 11.9 Å². The number of nitrogens with one attached hydrogen (secondary N) is 1. The Bertz CT molecular complexity index is 729. The number of amides is 1. The molecule has 0 aliphatic heterocycles. The summed E-state index contributed by atoms with van der Waals surface area (Å²) in [6.45, 7) is 2.47. The minimum Gasteiger partial charge on any atom is -0.488 e. The van der Waals surface area contributed by atoms with Crippen molar-refractivity contribution in [2.24, 2.45) is 0 Å². The summed E-state index contributed by atoms with van der Waals surface area (Å²) in [5.41, 5.74) is 2.10. The number of para-hydroxylation sites is 1. The van der Waals surface area contributed by atoms with Gasteiger partial charge in [0.1, 0.15) is 12.4 Å². The molecule has 0 bridgehead atoms. The third-order valence-corrected chi connectivity index (χ3v) is 5.46. The number of benzene rings is 1. The van der Waals surface area contributed by atoms with E-state index in [1.807, 2.05) is 54.8 Å². The first kappa shape index (κ1) is 17.7. The van der Waals surface area contributed by atoms with E-state index in [2.05, 4.69) is 5.32 Å². The van der Waals surface area contributed by atoms with Gasteiger partial charge in [0.05, 0.1) is 4.88 Å². The maximum absolute atomic E-state index is 12.4. The fourth-order valence-electron chi connectivity index (χ4n) is 3.16. The summed E-state index contributed by atoms with van der Waals surface area (Å²) < 4.78 is 5.94. The van der Waals surface area contributed by atoms with Gasteiger partial charge < -0.3 is 10.1 Å². The number of rotatable bonds is 6. The number of hydrogen-bond donors (Lipinski definition) is 1. The summed E-state index contributed by atoms with van der Waals surface area (Å²) in [7, 11) is 0. The monoisotopic (exact) mass is 355 g/mol. The Kier molecular flexibility index (Phi) is 6.29. The lowest BCUT2D eigenvalue weighted by Gasteiger charge is -2.22. The van der Waals surface area contributed by atoms with Crippen molar-refractivity contribution >= 4 is 23.3 Å². The van der Waals surface area contributed by atoms with Crippen LogP contribution in [0, 0.1) is 0 Å². The van der Waals surface area contributed by atoms with Crippen LogP contribution in [0.25, 0.3) is 6.08 Å². The maximum atomic E-state index is 12.4. The molecule has 1 fully saturated rings. The zero-order valence-corrected chi connectivity index (χ0v) is 15.5. The molecule has 1 amide bonds. The first-order valence-corrected chi connectivity index (χ1v) is 9.87. The van der Waals surface area contributed by atoms with E-state index in [-0.39, 0.29) is 5.91 Å². The molecule has 1 aliphatic rings. The van der Waals surface area contributed by atoms with Gasteiger partial charge in [-0.2, -0.15) is 0 Å². The number of allylic oxidation sites excluding steroid dienone is 1. The Morgan fingerprint density at radius 1 is 1.28 bits per heavy atom. The lowest BCUT2D eigenvalue weighted by molar-refractivity contribution is 0.0932. The number of ether oxygens (including phenoxy) is 1. The van der Waals surface area contributed by atoms with Crippen molar-refractivity contribution < 1.29 is 9.53 Å². The molecule has 1 aliphatic carbocycles. The molecule has 1 aromatic carbocycles. The smallest absolute Gasteiger partial charge is 0.261 e. The van der Waals surface area contributed by atoms with Crippen LogP contribution in [0.2, 0.25) is 0 Å². The zero-order chi connectivity index (χ0) is 17.5. The SMILES string of the molecule is C/C=C/c1ccccc1OCc1csc(C(=O)NC2CCCCC2)c1. The fraction of sp³-hybridized carbons (Fsp3) is 0.381. The summed E-state index contributed by atoms with van der Waals surface area (Å²) in [6, 6.07) is 10.3. The van der Waals surface area contributed by atoms with Crippen molar-refractivity contribution in [2.45, 2.75) is 51.7 Å². The second-order valence-electron chi connectivity index (χ2n) is 6.45. The van der Waals surface area contributed by atoms with Crippen molar-refractivity contribution in [3.63, 3.8) is 0 Å². The van der Waals surface area contributed by atoms with Crippen molar-refractivity contribution in [1.82, 2.24) is 5.32 Å². The topological polar surface area (TPSA) is 38.3 Å². The minimum atomic E-state index is 0.0532. The van der Waals surface area contributed by atoms with Gasteiger partial charge in [-0.25, -0.2) is 0 Å². The Morgan fingerprint density at radius 3 is 2.88 bits per heavy atom. The lowest BCUT2D eigenvalue weighted by Crippen LogP contribution is -2.35. The molecular weight excluding hydrogens is 330 g/mol. The largest absolute Gasteiger partial charge is 0.488 e. The van der Waals surface area contributed by atoms with Crippen LogP contribution in [0.5, 0.6) is 5.75 Å². The molecule has 25 heavy (non-hydrogen) atoms. The van der Waals surface area contributed by atoms with Gasteiger partial charge in [0.25, 0.3) is 5.91 Å². The third kappa shape index (κ3) is 4.95. The molecule has 0 spiro atoms.